The van der Waals surface area contributed by atoms with Crippen molar-refractivity contribution in [2.75, 3.05) is 0 Å². The highest BCUT2D eigenvalue weighted by atomic mass is 31.2. The van der Waals surface area contributed by atoms with Crippen LogP contribution in [0.4, 0.5) is 0 Å². The zero-order valence-corrected chi connectivity index (χ0v) is 78.0. The van der Waals surface area contributed by atoms with E-state index < -0.39 is 29.0 Å². The first kappa shape index (κ1) is 78.3. The lowest BCUT2D eigenvalue weighted by Crippen LogP contribution is -2.46. The maximum absolute atomic E-state index is 2.67. The summed E-state index contributed by atoms with van der Waals surface area (Å²) in [6.07, 6.45) is 6.96. The molecule has 4 nitrogen and oxygen atoms in total. The van der Waals surface area contributed by atoms with E-state index in [9.17, 15) is 0 Å². The SMILES string of the molecule is c1ccc([P+]2(c3ccccc3)c3c4ccccc4cc4ccc5c(c34)C2[n+]2ccccc2-5)cc1.c1ccc([P+]2(c3ccccc3)c3cc4ccccc4c4ccc5c(c34)C2[n+]2ccccc2-5)cc1.c1ccc([P+]2(c3ccccc3)c3cccc4ccc5c(c34)C2[n+]2c-5ccc3ccccc32)cc1.c1ccc([P+]2(c3ccccc3)c3cccc4ccc5c(c34)C2[n+]2ccc3ccccc3c2-5)cc1. The van der Waals surface area contributed by atoms with Crippen LogP contribution in [0, 0.1) is 0 Å². The van der Waals surface area contributed by atoms with Crippen LogP contribution in [-0.4, -0.2) is 0 Å². The Morgan fingerprint density at radius 1 is 0.176 bits per heavy atom. The van der Waals surface area contributed by atoms with Crippen LogP contribution < -0.4 is 81.9 Å². The van der Waals surface area contributed by atoms with Crippen molar-refractivity contribution in [3.8, 4) is 45.0 Å². The largest absolute Gasteiger partial charge is 0.298 e. The molecule has 0 N–H and O–H groups in total. The third kappa shape index (κ3) is 10.5. The summed E-state index contributed by atoms with van der Waals surface area (Å²) in [6.45, 7) is 0. The van der Waals surface area contributed by atoms with E-state index in [1.807, 2.05) is 0 Å². The Morgan fingerprint density at radius 2 is 0.537 bits per heavy atom. The van der Waals surface area contributed by atoms with Crippen LogP contribution in [0.1, 0.15) is 45.4 Å². The molecule has 0 aliphatic carbocycles. The molecule has 12 heterocycles. The molecule has 0 saturated carbocycles. The van der Waals surface area contributed by atoms with E-state index >= 15 is 0 Å². The van der Waals surface area contributed by atoms with Crippen molar-refractivity contribution in [3.63, 3.8) is 0 Å². The molecule has 8 aliphatic heterocycles. The molecule has 0 radical (unpaired) electrons. The maximum Gasteiger partial charge on any atom is 0.298 e. The Kier molecular flexibility index (Phi) is 17.4. The number of aromatic nitrogens is 4. The van der Waals surface area contributed by atoms with Crippen molar-refractivity contribution in [1.82, 2.24) is 0 Å². The lowest BCUT2D eigenvalue weighted by Gasteiger charge is -2.26. The zero-order valence-electron chi connectivity index (χ0n) is 74.4. The molecule has 136 heavy (non-hydrogen) atoms. The van der Waals surface area contributed by atoms with Gasteiger partial charge in [0.1, 0.15) is 63.7 Å². The van der Waals surface area contributed by atoms with Gasteiger partial charge in [-0.1, -0.05) is 273 Å². The van der Waals surface area contributed by atoms with Gasteiger partial charge in [-0.3, -0.25) is 0 Å². The van der Waals surface area contributed by atoms with Crippen molar-refractivity contribution < 1.29 is 18.3 Å². The van der Waals surface area contributed by atoms with Crippen LogP contribution in [0.25, 0.3) is 131 Å². The van der Waals surface area contributed by atoms with E-state index in [4.69, 9.17) is 0 Å². The number of hydrogen-bond donors (Lipinski definition) is 0. The van der Waals surface area contributed by atoms with Crippen LogP contribution in [0.5, 0.6) is 0 Å². The smallest absolute Gasteiger partial charge is 0.157 e. The Hall–Kier alpha value is -15.2. The molecule has 8 heteroatoms. The number of para-hydroxylation sites is 1. The normalized spacial score (nSPS) is 16.8. The van der Waals surface area contributed by atoms with Crippen LogP contribution in [0.2, 0.25) is 0 Å². The molecule has 32 rings (SSSR count). The van der Waals surface area contributed by atoms with Crippen LogP contribution in [0.3, 0.4) is 0 Å². The van der Waals surface area contributed by atoms with Gasteiger partial charge in [0.2, 0.25) is 28.3 Å². The van der Waals surface area contributed by atoms with Gasteiger partial charge in [0, 0.05) is 74.8 Å². The summed E-state index contributed by atoms with van der Waals surface area (Å²) in [7, 11) is -8.18. The average Bonchev–Trinajstić information content (AvgIpc) is 1.51. The topological polar surface area (TPSA) is 15.5 Å². The minimum absolute atomic E-state index is 0.259. The first-order chi connectivity index (χ1) is 67.5. The highest BCUT2D eigenvalue weighted by Gasteiger charge is 2.73. The summed E-state index contributed by atoms with van der Waals surface area (Å²) in [5.74, 6) is 1.08. The average molecular weight is 1810 g/mol. The Morgan fingerprint density at radius 3 is 1.07 bits per heavy atom. The fraction of sp³-hybridized carbons (Fsp3) is 0.0312. The standard InChI is InChI=1S/4C32H22NP/c1-3-12-24(13-4-1)34(25-14-5-2-6-15-25)31-26-16-8-7-11-22(26)21-23-18-19-27-28-17-9-10-20-33(28)32(34)30(27)29(23)31;1-3-12-23(13-4-1)34(24-14-5-2-6-15-24)29-21-22-11-7-8-16-25(22)26-18-19-27-28-17-9-10-20-33(28)32(34)31(27)30(26)29;1-3-12-24(13-4-1)34(25-14-5-2-6-15-25)29-17-9-11-23-18-20-26-28-21-19-22-10-7-8-16-27(22)33(28)32(34)31(26)30(23)29;1-3-12-24(13-4-1)34(25-14-5-2-6-15-25)28-17-9-11-23-18-19-27-30(29(23)28)32(34)33-21-20-22-10-7-8-16-26(22)31(27)33/h4*1-21,32H/q4*+2. The predicted octanol–water partition coefficient (Wildman–Crippen LogP) is 24.5. The van der Waals surface area contributed by atoms with E-state index in [1.54, 1.807) is 5.30 Å². The Balaban J connectivity index is 0.0000000879. The van der Waals surface area contributed by atoms with E-state index in [-0.39, 0.29) is 23.1 Å². The van der Waals surface area contributed by atoms with Gasteiger partial charge in [-0.15, -0.1) is 4.57 Å². The molecule has 0 amide bonds. The van der Waals surface area contributed by atoms with Crippen molar-refractivity contribution >= 4 is 179 Å². The number of benzene rings is 20. The summed E-state index contributed by atoms with van der Waals surface area (Å²) in [4.78, 5) is 0. The lowest BCUT2D eigenvalue weighted by molar-refractivity contribution is -0.676. The van der Waals surface area contributed by atoms with Gasteiger partial charge in [-0.25, -0.2) is 0 Å². The molecule has 0 spiro atoms. The molecule has 632 valence electrons. The second-order valence-electron chi connectivity index (χ2n) is 37.3. The van der Waals surface area contributed by atoms with Gasteiger partial charge in [-0.05, 0) is 219 Å². The minimum Gasteiger partial charge on any atom is -0.157 e. The Bertz CT molecular complexity index is 8950. The molecular formula is C128H88N4P4+8. The second kappa shape index (κ2) is 30.2. The quantitative estimate of drug-likeness (QED) is 0.0624. The zero-order chi connectivity index (χ0) is 89.1. The van der Waals surface area contributed by atoms with E-state index in [0.29, 0.717) is 0 Å². The van der Waals surface area contributed by atoms with Crippen molar-refractivity contribution in [1.29, 1.82) is 0 Å². The minimum atomic E-state index is -2.08. The lowest BCUT2D eigenvalue weighted by atomic mass is 9.95. The number of rotatable bonds is 8. The molecule has 0 saturated heterocycles. The summed E-state index contributed by atoms with van der Waals surface area (Å²) in [5.41, 5.74) is 18.3. The van der Waals surface area contributed by atoms with Gasteiger partial charge in [-0.2, -0.15) is 13.7 Å². The molecule has 8 aliphatic rings. The molecule has 0 bridgehead atoms. The molecule has 4 aromatic heterocycles. The molecular weight excluding hydrogens is 1720 g/mol. The molecule has 0 fully saturated rings. The maximum atomic E-state index is 2.67. The van der Waals surface area contributed by atoms with Crippen molar-refractivity contribution in [3.05, 3.63) is 532 Å². The van der Waals surface area contributed by atoms with Gasteiger partial charge in [0.05, 0.1) is 49.9 Å². The number of nitrogens with zero attached hydrogens (tertiary/aromatic N) is 4. The van der Waals surface area contributed by atoms with Gasteiger partial charge >= 0.3 is 0 Å². The predicted molar refractivity (Wildman–Crippen MR) is 576 cm³/mol. The Labute approximate surface area is 791 Å². The number of fused-ring (bicyclic) bond motifs is 20. The first-order valence-corrected chi connectivity index (χ1v) is 55.0. The summed E-state index contributed by atoms with van der Waals surface area (Å²) in [5, 5.41) is 38.5. The van der Waals surface area contributed by atoms with Gasteiger partial charge in [0.15, 0.2) is 47.6 Å². The molecule has 24 aromatic rings. The monoisotopic (exact) mass is 1800 g/mol. The fourth-order valence-corrected chi connectivity index (χ4v) is 47.0. The molecule has 4 atom stereocenters. The van der Waals surface area contributed by atoms with Crippen molar-refractivity contribution in [2.45, 2.75) is 23.1 Å². The third-order valence-corrected chi connectivity index (χ3v) is 49.6. The first-order valence-electron chi connectivity index (χ1n) is 47.5. The van der Waals surface area contributed by atoms with Gasteiger partial charge < -0.3 is 0 Å². The summed E-state index contributed by atoms with van der Waals surface area (Å²) in [6, 6.07) is 184. The van der Waals surface area contributed by atoms with Crippen molar-refractivity contribution in [2.24, 2.45) is 0 Å². The van der Waals surface area contributed by atoms with Crippen LogP contribution >= 0.6 is 29.0 Å². The van der Waals surface area contributed by atoms with Crippen LogP contribution in [0.15, 0.2) is 510 Å². The van der Waals surface area contributed by atoms with E-state index in [0.717, 1.165) is 0 Å². The van der Waals surface area contributed by atoms with Crippen LogP contribution in [-0.2, 0) is 0 Å². The summed E-state index contributed by atoms with van der Waals surface area (Å²) >= 11 is 0. The fourth-order valence-electron chi connectivity index (χ4n) is 26.2. The second-order valence-corrected chi connectivity index (χ2v) is 51.1. The molecule has 20 aromatic carbocycles. The summed E-state index contributed by atoms with van der Waals surface area (Å²) < 4.78 is 10.4. The number of pyridine rings is 4. The van der Waals surface area contributed by atoms with Gasteiger partial charge in [0.25, 0.3) is 23.1 Å². The highest BCUT2D eigenvalue weighted by molar-refractivity contribution is 7.98. The van der Waals surface area contributed by atoms with E-state index in [1.165, 1.54) is 212 Å². The highest BCUT2D eigenvalue weighted by Crippen LogP contribution is 2.78. The number of hydrogen-bond acceptors (Lipinski definition) is 0. The molecule has 4 unspecified atom stereocenters. The third-order valence-electron chi connectivity index (χ3n) is 31.2. The van der Waals surface area contributed by atoms with E-state index in [2.05, 4.69) is 528 Å².